The Morgan fingerprint density at radius 3 is 2.40 bits per heavy atom. The molecule has 11 nitrogen and oxygen atoms in total. The first kappa shape index (κ1) is 24.4. The zero-order valence-electron chi connectivity index (χ0n) is 19.3. The van der Waals surface area contributed by atoms with Crippen LogP contribution in [0.2, 0.25) is 0 Å². The van der Waals surface area contributed by atoms with Crippen LogP contribution in [0.1, 0.15) is 41.5 Å². The lowest BCUT2D eigenvalue weighted by Crippen LogP contribution is -2.49. The summed E-state index contributed by atoms with van der Waals surface area (Å²) < 4.78 is 7.23. The van der Waals surface area contributed by atoms with Gasteiger partial charge in [-0.3, -0.25) is 9.88 Å². The standard InChI is InChI=1S/C23H26N6O5S/c1-14(2)19-20(30)29(22(35)26-19)18-6-5-17(12-25-18)34-23(33)28-9-7-27(8-10-28)13-16-4-3-15(11-24-16)21(31)32/h3-6,11-12,14,30H,7-10,13H2,1-2H3,(H,26,35)(H,31,32). The van der Waals surface area contributed by atoms with E-state index in [0.29, 0.717) is 49.0 Å². The fraction of sp³-hybridized carbons (Fsp3) is 0.348. The van der Waals surface area contributed by atoms with Crippen molar-refractivity contribution in [3.8, 4) is 17.4 Å². The van der Waals surface area contributed by atoms with Crippen molar-refractivity contribution in [2.75, 3.05) is 26.2 Å². The molecule has 1 saturated heterocycles. The fourth-order valence-electron chi connectivity index (χ4n) is 3.75. The van der Waals surface area contributed by atoms with Crippen LogP contribution >= 0.6 is 12.2 Å². The van der Waals surface area contributed by atoms with E-state index >= 15 is 0 Å². The number of aromatic amines is 1. The number of rotatable bonds is 6. The van der Waals surface area contributed by atoms with E-state index in [0.717, 1.165) is 5.69 Å². The van der Waals surface area contributed by atoms with E-state index in [1.165, 1.54) is 23.0 Å². The van der Waals surface area contributed by atoms with Gasteiger partial charge in [-0.25, -0.2) is 19.1 Å². The second-order valence-electron chi connectivity index (χ2n) is 8.48. The molecular weight excluding hydrogens is 472 g/mol. The number of aromatic hydroxyl groups is 1. The van der Waals surface area contributed by atoms with Gasteiger partial charge in [0.05, 0.1) is 23.1 Å². The zero-order chi connectivity index (χ0) is 25.1. The SMILES string of the molecule is CC(C)c1[nH]c(=S)n(-c2ccc(OC(=O)N3CCN(Cc4ccc(C(=O)O)cn4)CC3)cn2)c1O. The second-order valence-corrected chi connectivity index (χ2v) is 8.87. The van der Waals surface area contributed by atoms with E-state index in [1.807, 2.05) is 13.8 Å². The molecule has 1 aliphatic heterocycles. The van der Waals surface area contributed by atoms with Crippen LogP contribution in [0.15, 0.2) is 36.7 Å². The number of nitrogens with zero attached hydrogens (tertiary/aromatic N) is 5. The number of carboxylic acid groups (broad SMARTS) is 1. The van der Waals surface area contributed by atoms with Crippen molar-refractivity contribution in [2.24, 2.45) is 0 Å². The predicted octanol–water partition coefficient (Wildman–Crippen LogP) is 3.17. The number of H-pyrrole nitrogens is 1. The summed E-state index contributed by atoms with van der Waals surface area (Å²) in [6.07, 6.45) is 2.30. The summed E-state index contributed by atoms with van der Waals surface area (Å²) in [6, 6.07) is 6.46. The molecule has 0 saturated carbocycles. The van der Waals surface area contributed by atoms with Crippen LogP contribution in [0.25, 0.3) is 5.82 Å². The molecule has 3 aromatic rings. The summed E-state index contributed by atoms with van der Waals surface area (Å²) >= 11 is 5.30. The lowest BCUT2D eigenvalue weighted by atomic mass is 10.1. The van der Waals surface area contributed by atoms with Gasteiger partial charge in [0.1, 0.15) is 5.82 Å². The third kappa shape index (κ3) is 5.49. The summed E-state index contributed by atoms with van der Waals surface area (Å²) in [6.45, 7) is 6.70. The van der Waals surface area contributed by atoms with Gasteiger partial charge < -0.3 is 24.8 Å². The van der Waals surface area contributed by atoms with E-state index in [9.17, 15) is 14.7 Å². The zero-order valence-corrected chi connectivity index (χ0v) is 20.2. The molecule has 1 fully saturated rings. The summed E-state index contributed by atoms with van der Waals surface area (Å²) in [5.41, 5.74) is 1.54. The van der Waals surface area contributed by atoms with Gasteiger partial charge in [0.15, 0.2) is 10.5 Å². The Balaban J connectivity index is 1.31. The van der Waals surface area contributed by atoms with Crippen LogP contribution in [-0.4, -0.2) is 77.8 Å². The second kappa shape index (κ2) is 10.2. The van der Waals surface area contributed by atoms with Crippen LogP contribution in [-0.2, 0) is 6.54 Å². The number of hydrogen-bond acceptors (Lipinski definition) is 8. The molecule has 0 unspecified atom stereocenters. The van der Waals surface area contributed by atoms with Crippen molar-refractivity contribution < 1.29 is 24.5 Å². The van der Waals surface area contributed by atoms with Crippen LogP contribution < -0.4 is 4.74 Å². The van der Waals surface area contributed by atoms with Crippen LogP contribution in [0, 0.1) is 4.77 Å². The van der Waals surface area contributed by atoms with Crippen LogP contribution in [0.4, 0.5) is 4.79 Å². The molecule has 12 heteroatoms. The molecule has 4 rings (SSSR count). The largest absolute Gasteiger partial charge is 0.493 e. The molecule has 1 amide bonds. The Morgan fingerprint density at radius 1 is 1.11 bits per heavy atom. The van der Waals surface area contributed by atoms with Crippen molar-refractivity contribution in [3.05, 3.63) is 58.4 Å². The topological polar surface area (TPSA) is 137 Å². The number of carbonyl (C=O) groups excluding carboxylic acids is 1. The Labute approximate surface area is 206 Å². The number of hydrogen-bond donors (Lipinski definition) is 3. The maximum Gasteiger partial charge on any atom is 0.415 e. The van der Waals surface area contributed by atoms with Crippen molar-refractivity contribution in [2.45, 2.75) is 26.3 Å². The third-order valence-corrected chi connectivity index (χ3v) is 6.00. The molecule has 0 aromatic carbocycles. The van der Waals surface area contributed by atoms with Gasteiger partial charge in [-0.1, -0.05) is 13.8 Å². The number of ether oxygens (including phenoxy) is 1. The van der Waals surface area contributed by atoms with Crippen molar-refractivity contribution in [3.63, 3.8) is 0 Å². The van der Waals surface area contributed by atoms with Gasteiger partial charge in [-0.2, -0.15) is 0 Å². The lowest BCUT2D eigenvalue weighted by molar-refractivity contribution is 0.0696. The van der Waals surface area contributed by atoms with E-state index < -0.39 is 12.1 Å². The Bertz CT molecular complexity index is 1260. The molecule has 1 aliphatic rings. The smallest absolute Gasteiger partial charge is 0.415 e. The maximum absolute atomic E-state index is 12.6. The molecule has 3 N–H and O–H groups in total. The molecular formula is C23H26N6O5S. The predicted molar refractivity (Wildman–Crippen MR) is 129 cm³/mol. The Hall–Kier alpha value is -3.77. The first-order valence-electron chi connectivity index (χ1n) is 11.1. The highest BCUT2D eigenvalue weighted by molar-refractivity contribution is 7.71. The number of piperazine rings is 1. The lowest BCUT2D eigenvalue weighted by Gasteiger charge is -2.33. The van der Waals surface area contributed by atoms with Gasteiger partial charge in [-0.15, -0.1) is 0 Å². The van der Waals surface area contributed by atoms with E-state index in [1.54, 1.807) is 23.1 Å². The quantitative estimate of drug-likeness (QED) is 0.438. The molecule has 0 aliphatic carbocycles. The van der Waals surface area contributed by atoms with Gasteiger partial charge in [0, 0.05) is 38.9 Å². The number of amides is 1. The molecule has 35 heavy (non-hydrogen) atoms. The molecule has 184 valence electrons. The van der Waals surface area contributed by atoms with Crippen molar-refractivity contribution in [1.29, 1.82) is 0 Å². The van der Waals surface area contributed by atoms with Gasteiger partial charge >= 0.3 is 12.1 Å². The van der Waals surface area contributed by atoms with Gasteiger partial charge in [0.2, 0.25) is 5.88 Å². The molecule has 0 bridgehead atoms. The number of carboxylic acids is 1. The summed E-state index contributed by atoms with van der Waals surface area (Å²) in [5.74, 6) is -0.239. The highest BCUT2D eigenvalue weighted by Gasteiger charge is 2.23. The van der Waals surface area contributed by atoms with Crippen LogP contribution in [0.3, 0.4) is 0 Å². The maximum atomic E-state index is 12.6. The minimum absolute atomic E-state index is 0.00754. The summed E-state index contributed by atoms with van der Waals surface area (Å²) in [7, 11) is 0. The minimum Gasteiger partial charge on any atom is -0.493 e. The average molecular weight is 499 g/mol. The number of aromatic carboxylic acids is 1. The van der Waals surface area contributed by atoms with E-state index in [-0.39, 0.29) is 23.1 Å². The van der Waals surface area contributed by atoms with Crippen molar-refractivity contribution in [1.82, 2.24) is 29.3 Å². The molecule has 3 aromatic heterocycles. The van der Waals surface area contributed by atoms with Crippen LogP contribution in [0.5, 0.6) is 11.6 Å². The number of imidazole rings is 1. The van der Waals surface area contributed by atoms with E-state index in [4.69, 9.17) is 22.1 Å². The number of aromatic nitrogens is 4. The van der Waals surface area contributed by atoms with Crippen molar-refractivity contribution >= 4 is 24.3 Å². The Kier molecular flexibility index (Phi) is 7.12. The number of nitrogens with one attached hydrogen (secondary N) is 1. The monoisotopic (exact) mass is 498 g/mol. The fourth-order valence-corrected chi connectivity index (χ4v) is 4.04. The van der Waals surface area contributed by atoms with Gasteiger partial charge in [0.25, 0.3) is 0 Å². The molecule has 0 radical (unpaired) electrons. The Morgan fingerprint density at radius 2 is 1.86 bits per heavy atom. The number of pyridine rings is 2. The molecule has 0 spiro atoms. The van der Waals surface area contributed by atoms with E-state index in [2.05, 4.69) is 19.9 Å². The normalized spacial score (nSPS) is 14.3. The average Bonchev–Trinajstić information content (AvgIpc) is 3.14. The highest BCUT2D eigenvalue weighted by Crippen LogP contribution is 2.27. The number of carbonyl (C=O) groups is 2. The van der Waals surface area contributed by atoms with Gasteiger partial charge in [-0.05, 0) is 42.4 Å². The highest BCUT2D eigenvalue weighted by atomic mass is 32.1. The summed E-state index contributed by atoms with van der Waals surface area (Å²) in [4.78, 5) is 38.8. The summed E-state index contributed by atoms with van der Waals surface area (Å²) in [5, 5.41) is 19.4. The molecule has 0 atom stereocenters. The third-order valence-electron chi connectivity index (χ3n) is 5.72. The minimum atomic E-state index is -1.01. The molecule has 4 heterocycles. The first-order chi connectivity index (χ1) is 16.7. The first-order valence-corrected chi connectivity index (χ1v) is 11.5.